The highest BCUT2D eigenvalue weighted by Gasteiger charge is 2.76. The van der Waals surface area contributed by atoms with Crippen LogP contribution in [0.25, 0.3) is 0 Å². The minimum atomic E-state index is -0.817. The van der Waals surface area contributed by atoms with E-state index in [1.165, 1.54) is 4.90 Å². The maximum absolute atomic E-state index is 14.3. The maximum atomic E-state index is 14.3. The molecule has 3 saturated heterocycles. The van der Waals surface area contributed by atoms with E-state index in [4.69, 9.17) is 9.47 Å². The second kappa shape index (κ2) is 11.3. The molecule has 200 valence electrons. The Morgan fingerprint density at radius 3 is 2.62 bits per heavy atom. The van der Waals surface area contributed by atoms with Crippen molar-refractivity contribution in [1.82, 2.24) is 4.90 Å². The molecule has 1 aromatic carbocycles. The molecule has 3 aliphatic rings. The number of amides is 2. The van der Waals surface area contributed by atoms with Crippen molar-refractivity contribution < 1.29 is 29.0 Å². The highest BCUT2D eigenvalue weighted by Crippen LogP contribution is 2.68. The van der Waals surface area contributed by atoms with E-state index in [9.17, 15) is 19.5 Å². The molecule has 0 aliphatic carbocycles. The number of allylic oxidation sites excluding steroid dienone is 1. The Morgan fingerprint density at radius 1 is 1.27 bits per heavy atom. The molecule has 1 aromatic rings. The molecule has 3 heterocycles. The molecule has 1 N–H and O–H groups in total. The Kier molecular flexibility index (Phi) is 8.33. The lowest BCUT2D eigenvalue weighted by atomic mass is 9.66. The van der Waals surface area contributed by atoms with Crippen LogP contribution in [0.2, 0.25) is 0 Å². The van der Waals surface area contributed by atoms with Crippen LogP contribution in [-0.2, 0) is 19.1 Å². The van der Waals surface area contributed by atoms with Crippen LogP contribution in [0.3, 0.4) is 0 Å². The summed E-state index contributed by atoms with van der Waals surface area (Å²) in [5.74, 6) is -1.45. The molecular formula is C28H36N2O6S. The Bertz CT molecular complexity index is 1050. The van der Waals surface area contributed by atoms with Gasteiger partial charge >= 0.3 is 5.97 Å². The summed E-state index contributed by atoms with van der Waals surface area (Å²) in [5, 5.41) is 9.76. The maximum Gasteiger partial charge on any atom is 0.310 e. The van der Waals surface area contributed by atoms with Crippen molar-refractivity contribution in [2.45, 2.75) is 42.2 Å². The summed E-state index contributed by atoms with van der Waals surface area (Å²) < 4.78 is 10.1. The molecule has 3 fully saturated rings. The number of likely N-dealkylation sites (tertiary alicyclic amines) is 1. The predicted molar refractivity (Wildman–Crippen MR) is 143 cm³/mol. The number of carbonyl (C=O) groups excluding carboxylic acids is 3. The van der Waals surface area contributed by atoms with Crippen molar-refractivity contribution in [3.8, 4) is 5.75 Å². The molecule has 0 saturated carbocycles. The van der Waals surface area contributed by atoms with Crippen LogP contribution in [0.15, 0.2) is 49.6 Å². The van der Waals surface area contributed by atoms with Crippen molar-refractivity contribution in [3.05, 3.63) is 49.6 Å². The number of thioether (sulfide) groups is 1. The Hall–Kier alpha value is -2.78. The molecule has 0 radical (unpaired) electrons. The van der Waals surface area contributed by atoms with Gasteiger partial charge in [-0.25, -0.2) is 0 Å². The summed E-state index contributed by atoms with van der Waals surface area (Å²) in [5.41, 5.74) is 0.658. The third kappa shape index (κ3) is 4.56. The molecule has 8 nitrogen and oxygen atoms in total. The van der Waals surface area contributed by atoms with Crippen LogP contribution in [0, 0.1) is 17.8 Å². The molecule has 2 bridgehead atoms. The van der Waals surface area contributed by atoms with E-state index >= 15 is 0 Å². The standard InChI is InChI=1S/C28H36N2O6S/c1-5-7-8-16-36-27(34)22-21-17-18(3)28(37-21)23(22)25(32)30(14-15-31)24(28)26(33)29(13-6-2)19-9-11-20(35-4)12-10-19/h5-6,9-12,18,21-24,31H,1-2,7-8,13-17H2,3-4H3/t18?,21-,22+,23-,24?,28?/m0/s1. The van der Waals surface area contributed by atoms with E-state index in [0.29, 0.717) is 17.9 Å². The van der Waals surface area contributed by atoms with Crippen molar-refractivity contribution in [2.24, 2.45) is 17.8 Å². The van der Waals surface area contributed by atoms with E-state index in [2.05, 4.69) is 20.1 Å². The van der Waals surface area contributed by atoms with Crippen molar-refractivity contribution >= 4 is 35.2 Å². The number of benzene rings is 1. The molecule has 0 aromatic heterocycles. The lowest BCUT2D eigenvalue weighted by Crippen LogP contribution is -2.57. The largest absolute Gasteiger partial charge is 0.497 e. The smallest absolute Gasteiger partial charge is 0.310 e. The summed E-state index contributed by atoms with van der Waals surface area (Å²) in [6, 6.07) is 6.34. The number of hydrogen-bond acceptors (Lipinski definition) is 7. The summed E-state index contributed by atoms with van der Waals surface area (Å²) in [4.78, 5) is 44.6. The number of methoxy groups -OCH3 is 1. The van der Waals surface area contributed by atoms with Gasteiger partial charge in [-0.05, 0) is 49.4 Å². The number of hydrogen-bond donors (Lipinski definition) is 1. The van der Waals surface area contributed by atoms with E-state index < -0.39 is 22.6 Å². The van der Waals surface area contributed by atoms with Crippen LogP contribution in [0.4, 0.5) is 5.69 Å². The summed E-state index contributed by atoms with van der Waals surface area (Å²) >= 11 is 1.59. The second-order valence-corrected chi connectivity index (χ2v) is 11.4. The molecule has 4 rings (SSSR count). The zero-order chi connectivity index (χ0) is 26.7. The van der Waals surface area contributed by atoms with Gasteiger partial charge in [0.15, 0.2) is 0 Å². The molecular weight excluding hydrogens is 492 g/mol. The van der Waals surface area contributed by atoms with Crippen LogP contribution in [0.5, 0.6) is 5.75 Å². The number of aliphatic hydroxyl groups excluding tert-OH is 1. The fourth-order valence-electron chi connectivity index (χ4n) is 6.27. The van der Waals surface area contributed by atoms with Crippen LogP contribution in [-0.4, -0.2) is 77.2 Å². The first-order chi connectivity index (χ1) is 17.8. The van der Waals surface area contributed by atoms with Gasteiger partial charge in [0.25, 0.3) is 5.91 Å². The van der Waals surface area contributed by atoms with Gasteiger partial charge in [0.2, 0.25) is 5.91 Å². The van der Waals surface area contributed by atoms with E-state index in [0.717, 1.165) is 12.8 Å². The van der Waals surface area contributed by atoms with Crippen molar-refractivity contribution in [3.63, 3.8) is 0 Å². The number of fused-ring (bicyclic) bond motifs is 1. The third-order valence-electron chi connectivity index (χ3n) is 7.85. The predicted octanol–water partition coefficient (Wildman–Crippen LogP) is 3.05. The quantitative estimate of drug-likeness (QED) is 0.253. The van der Waals surface area contributed by atoms with Gasteiger partial charge in [-0.15, -0.1) is 24.9 Å². The average Bonchev–Trinajstić information content (AvgIpc) is 3.49. The SMILES string of the molecule is C=CCCCOC(=O)[C@@H]1[C@@H]2CC(C)C3(S2)C(C(=O)N(CC=C)c2ccc(OC)cc2)N(CCO)C(=O)[C@H]13. The zero-order valence-corrected chi connectivity index (χ0v) is 22.3. The molecule has 3 aliphatic heterocycles. The fourth-order valence-corrected chi connectivity index (χ4v) is 8.68. The number of unbranched alkanes of at least 4 members (excludes halogenated alkanes) is 1. The number of rotatable bonds is 12. The van der Waals surface area contributed by atoms with E-state index in [1.807, 2.05) is 0 Å². The molecule has 3 unspecified atom stereocenters. The minimum absolute atomic E-state index is 0.0249. The molecule has 9 heteroatoms. The highest BCUT2D eigenvalue weighted by atomic mass is 32.2. The van der Waals surface area contributed by atoms with Crippen LogP contribution >= 0.6 is 11.8 Å². The van der Waals surface area contributed by atoms with Gasteiger partial charge < -0.3 is 24.4 Å². The van der Waals surface area contributed by atoms with Crippen LogP contribution < -0.4 is 9.64 Å². The van der Waals surface area contributed by atoms with Crippen molar-refractivity contribution in [2.75, 3.05) is 38.3 Å². The molecule has 1 spiro atoms. The van der Waals surface area contributed by atoms with Gasteiger partial charge in [0.1, 0.15) is 11.8 Å². The monoisotopic (exact) mass is 528 g/mol. The number of aliphatic hydroxyl groups is 1. The number of ether oxygens (including phenoxy) is 2. The topological polar surface area (TPSA) is 96.4 Å². The van der Waals surface area contributed by atoms with E-state index in [-0.39, 0.29) is 55.3 Å². The summed E-state index contributed by atoms with van der Waals surface area (Å²) in [7, 11) is 1.58. The molecule has 37 heavy (non-hydrogen) atoms. The second-order valence-electron chi connectivity index (χ2n) is 9.84. The van der Waals surface area contributed by atoms with Gasteiger partial charge in [-0.2, -0.15) is 0 Å². The van der Waals surface area contributed by atoms with Gasteiger partial charge in [-0.3, -0.25) is 14.4 Å². The normalized spacial score (nSPS) is 29.6. The van der Waals surface area contributed by atoms with Gasteiger partial charge in [-0.1, -0.05) is 19.1 Å². The third-order valence-corrected chi connectivity index (χ3v) is 9.93. The first kappa shape index (κ1) is 27.3. The summed E-state index contributed by atoms with van der Waals surface area (Å²) in [6.07, 6.45) is 5.57. The van der Waals surface area contributed by atoms with Crippen LogP contribution in [0.1, 0.15) is 26.2 Å². The van der Waals surface area contributed by atoms with Crippen molar-refractivity contribution in [1.29, 1.82) is 0 Å². The first-order valence-corrected chi connectivity index (χ1v) is 13.7. The summed E-state index contributed by atoms with van der Waals surface area (Å²) in [6.45, 7) is 9.86. The number of carbonyl (C=O) groups is 3. The number of β-amino-alcohol motifs (C(OH)–C–C–N with tert-alkyl or cyclic N) is 1. The molecule has 6 atom stereocenters. The fraction of sp³-hybridized carbons (Fsp3) is 0.536. The first-order valence-electron chi connectivity index (χ1n) is 12.8. The highest BCUT2D eigenvalue weighted by molar-refractivity contribution is 8.02. The van der Waals surface area contributed by atoms with E-state index in [1.54, 1.807) is 60.2 Å². The Balaban J connectivity index is 1.70. The number of esters is 1. The Labute approximate surface area is 222 Å². The van der Waals surface area contributed by atoms with Gasteiger partial charge in [0.05, 0.1) is 36.9 Å². The lowest BCUT2D eigenvalue weighted by Gasteiger charge is -2.40. The number of anilines is 1. The zero-order valence-electron chi connectivity index (χ0n) is 21.5. The lowest BCUT2D eigenvalue weighted by molar-refractivity contribution is -0.154. The minimum Gasteiger partial charge on any atom is -0.497 e. The number of nitrogens with zero attached hydrogens (tertiary/aromatic N) is 2. The Morgan fingerprint density at radius 2 is 2.00 bits per heavy atom. The molecule has 2 amide bonds. The average molecular weight is 529 g/mol. The van der Waals surface area contributed by atoms with Gasteiger partial charge in [0, 0.05) is 24.0 Å².